The highest BCUT2D eigenvalue weighted by Gasteiger charge is 2.14. The molecular weight excluding hydrogens is 390 g/mol. The van der Waals surface area contributed by atoms with Crippen LogP contribution in [0.15, 0.2) is 79.4 Å². The Morgan fingerprint density at radius 3 is 2.48 bits per heavy atom. The summed E-state index contributed by atoms with van der Waals surface area (Å²) in [6.45, 7) is 0.602. The van der Waals surface area contributed by atoms with Gasteiger partial charge in [0.15, 0.2) is 0 Å². The molecule has 2 aromatic carbocycles. The topological polar surface area (TPSA) is 111 Å². The van der Waals surface area contributed by atoms with Crippen LogP contribution < -0.4 is 10.6 Å². The van der Waals surface area contributed by atoms with E-state index in [0.29, 0.717) is 29.5 Å². The Hall–Kier alpha value is -4.46. The highest BCUT2D eigenvalue weighted by atomic mass is 16.1. The molecule has 0 bridgehead atoms. The largest absolute Gasteiger partial charge is 0.352 e. The lowest BCUT2D eigenvalue weighted by molar-refractivity contribution is 0.102. The van der Waals surface area contributed by atoms with Crippen molar-refractivity contribution in [3.8, 4) is 11.1 Å². The second-order valence-electron chi connectivity index (χ2n) is 6.97. The summed E-state index contributed by atoms with van der Waals surface area (Å²) in [6, 6.07) is 17.7. The molecule has 0 aliphatic heterocycles. The Balaban J connectivity index is 1.30. The molecular formula is C23H19N7O. The molecule has 31 heavy (non-hydrogen) atoms. The number of nitrogens with one attached hydrogen (secondary N) is 4. The lowest BCUT2D eigenvalue weighted by Crippen LogP contribution is -2.13. The molecule has 0 aliphatic carbocycles. The van der Waals surface area contributed by atoms with Crippen LogP contribution in [0.1, 0.15) is 15.9 Å². The molecule has 0 unspecified atom stereocenters. The van der Waals surface area contributed by atoms with Gasteiger partial charge in [0.25, 0.3) is 5.91 Å². The smallest absolute Gasteiger partial charge is 0.260 e. The molecule has 152 valence electrons. The number of pyridine rings is 1. The van der Waals surface area contributed by atoms with E-state index in [1.54, 1.807) is 30.9 Å². The zero-order valence-electron chi connectivity index (χ0n) is 16.5. The predicted octanol–water partition coefficient (Wildman–Crippen LogP) is 4.21. The maximum Gasteiger partial charge on any atom is 0.260 e. The number of carbonyl (C=O) groups excluding carboxylic acids is 1. The minimum Gasteiger partial charge on any atom is -0.352 e. The summed E-state index contributed by atoms with van der Waals surface area (Å²) in [5, 5.41) is 6.03. The summed E-state index contributed by atoms with van der Waals surface area (Å²) in [7, 11) is 0. The first kappa shape index (κ1) is 18.6. The van der Waals surface area contributed by atoms with Gasteiger partial charge in [-0.05, 0) is 41.0 Å². The molecule has 5 aromatic rings. The molecule has 5 rings (SSSR count). The monoisotopic (exact) mass is 409 g/mol. The van der Waals surface area contributed by atoms with Crippen LogP contribution in [-0.4, -0.2) is 30.8 Å². The molecule has 0 saturated carbocycles. The van der Waals surface area contributed by atoms with Crippen LogP contribution in [0.2, 0.25) is 0 Å². The highest BCUT2D eigenvalue weighted by Crippen LogP contribution is 2.21. The molecule has 0 fully saturated rings. The van der Waals surface area contributed by atoms with Gasteiger partial charge in [0, 0.05) is 31.3 Å². The van der Waals surface area contributed by atoms with Crippen molar-refractivity contribution in [2.45, 2.75) is 6.54 Å². The predicted molar refractivity (Wildman–Crippen MR) is 120 cm³/mol. The minimum atomic E-state index is -0.273. The summed E-state index contributed by atoms with van der Waals surface area (Å²) < 4.78 is 0. The van der Waals surface area contributed by atoms with Crippen molar-refractivity contribution < 1.29 is 4.79 Å². The number of aromatic nitrogens is 5. The third-order valence-corrected chi connectivity index (χ3v) is 4.92. The number of imidazole rings is 2. The number of anilines is 2. The third-order valence-electron chi connectivity index (χ3n) is 4.92. The average Bonchev–Trinajstić information content (AvgIpc) is 3.48. The first-order valence-electron chi connectivity index (χ1n) is 9.79. The minimum absolute atomic E-state index is 0.273. The van der Waals surface area contributed by atoms with Gasteiger partial charge >= 0.3 is 0 Å². The number of para-hydroxylation sites is 1. The number of fused-ring (bicyclic) bond motifs is 1. The summed E-state index contributed by atoms with van der Waals surface area (Å²) in [6.07, 6.45) is 6.80. The maximum atomic E-state index is 12.6. The number of H-pyrrole nitrogens is 2. The Labute approximate surface area is 177 Å². The lowest BCUT2D eigenvalue weighted by Gasteiger charge is -2.05. The van der Waals surface area contributed by atoms with Gasteiger partial charge < -0.3 is 15.3 Å². The molecule has 8 nitrogen and oxygen atoms in total. The normalized spacial score (nSPS) is 10.8. The molecule has 3 aromatic heterocycles. The van der Waals surface area contributed by atoms with Crippen molar-refractivity contribution in [3.63, 3.8) is 0 Å². The standard InChI is InChI=1S/C23H19N7O/c31-21(30-22-25-12-13-26-22)18-2-1-3-19-20(18)29-23(28-19)27-14-15-4-6-16(7-5-15)17-8-10-24-11-9-17/h1-13H,14H2,(H2,27,28,29)(H2,25,26,30,31). The molecule has 0 radical (unpaired) electrons. The van der Waals surface area contributed by atoms with Gasteiger partial charge in [-0.3, -0.25) is 15.1 Å². The number of aromatic amines is 2. The lowest BCUT2D eigenvalue weighted by atomic mass is 10.1. The SMILES string of the molecule is O=C(Nc1ncc[nH]1)c1cccc2[nH]c(NCc3ccc(-c4ccncc4)cc3)nc12. The van der Waals surface area contributed by atoms with E-state index in [1.165, 1.54) is 0 Å². The van der Waals surface area contributed by atoms with Crippen molar-refractivity contribution in [1.82, 2.24) is 24.9 Å². The molecule has 0 spiro atoms. The number of rotatable bonds is 6. The Bertz CT molecular complexity index is 1310. The Kier molecular flexibility index (Phi) is 4.86. The van der Waals surface area contributed by atoms with Crippen molar-refractivity contribution >= 4 is 28.8 Å². The van der Waals surface area contributed by atoms with Crippen LogP contribution in [0.4, 0.5) is 11.9 Å². The fourth-order valence-corrected chi connectivity index (χ4v) is 3.35. The average molecular weight is 409 g/mol. The number of hydrogen-bond donors (Lipinski definition) is 4. The summed E-state index contributed by atoms with van der Waals surface area (Å²) >= 11 is 0. The van der Waals surface area contributed by atoms with E-state index < -0.39 is 0 Å². The summed E-state index contributed by atoms with van der Waals surface area (Å²) in [4.78, 5) is 31.4. The van der Waals surface area contributed by atoms with Crippen molar-refractivity contribution in [3.05, 3.63) is 90.5 Å². The van der Waals surface area contributed by atoms with Crippen molar-refractivity contribution in [1.29, 1.82) is 0 Å². The molecule has 4 N–H and O–H groups in total. The zero-order valence-corrected chi connectivity index (χ0v) is 16.5. The van der Waals surface area contributed by atoms with E-state index in [4.69, 9.17) is 0 Å². The van der Waals surface area contributed by atoms with Gasteiger partial charge in [0.05, 0.1) is 11.1 Å². The second-order valence-corrected chi connectivity index (χ2v) is 6.97. The molecule has 0 atom stereocenters. The van der Waals surface area contributed by atoms with Crippen LogP contribution in [-0.2, 0) is 6.54 Å². The van der Waals surface area contributed by atoms with Gasteiger partial charge in [0.2, 0.25) is 11.9 Å². The molecule has 1 amide bonds. The number of benzene rings is 2. The third kappa shape index (κ3) is 3.99. The molecule has 0 aliphatic rings. The van der Waals surface area contributed by atoms with E-state index in [9.17, 15) is 4.79 Å². The van der Waals surface area contributed by atoms with Crippen LogP contribution in [0, 0.1) is 0 Å². The van der Waals surface area contributed by atoms with Crippen LogP contribution in [0.5, 0.6) is 0 Å². The van der Waals surface area contributed by atoms with Crippen molar-refractivity contribution in [2.75, 3.05) is 10.6 Å². The van der Waals surface area contributed by atoms with Crippen molar-refractivity contribution in [2.24, 2.45) is 0 Å². The number of hydrogen-bond acceptors (Lipinski definition) is 5. The number of carbonyl (C=O) groups is 1. The van der Waals surface area contributed by atoms with Crippen LogP contribution in [0.3, 0.4) is 0 Å². The Morgan fingerprint density at radius 2 is 1.71 bits per heavy atom. The van der Waals surface area contributed by atoms with E-state index in [2.05, 4.69) is 59.8 Å². The van der Waals surface area contributed by atoms with Gasteiger partial charge in [0.1, 0.15) is 5.52 Å². The first-order valence-corrected chi connectivity index (χ1v) is 9.79. The quantitative estimate of drug-likeness (QED) is 0.336. The van der Waals surface area contributed by atoms with Crippen LogP contribution >= 0.6 is 0 Å². The number of amides is 1. The molecule has 8 heteroatoms. The maximum absolute atomic E-state index is 12.6. The number of nitrogens with zero attached hydrogens (tertiary/aromatic N) is 3. The summed E-state index contributed by atoms with van der Waals surface area (Å²) in [5.74, 6) is 0.725. The van der Waals surface area contributed by atoms with E-state index in [1.807, 2.05) is 24.3 Å². The fraction of sp³-hybridized carbons (Fsp3) is 0.0435. The van der Waals surface area contributed by atoms with Gasteiger partial charge in [-0.25, -0.2) is 9.97 Å². The van der Waals surface area contributed by atoms with E-state index in [-0.39, 0.29) is 5.91 Å². The first-order chi connectivity index (χ1) is 15.3. The van der Waals surface area contributed by atoms with Gasteiger partial charge in [-0.2, -0.15) is 0 Å². The van der Waals surface area contributed by atoms with Gasteiger partial charge in [-0.15, -0.1) is 0 Å². The summed E-state index contributed by atoms with van der Waals surface area (Å²) in [5.41, 5.74) is 5.24. The molecule has 0 saturated heterocycles. The van der Waals surface area contributed by atoms with Gasteiger partial charge in [-0.1, -0.05) is 30.3 Å². The van der Waals surface area contributed by atoms with Crippen LogP contribution in [0.25, 0.3) is 22.2 Å². The van der Waals surface area contributed by atoms with E-state index >= 15 is 0 Å². The fourth-order valence-electron chi connectivity index (χ4n) is 3.35. The highest BCUT2D eigenvalue weighted by molar-refractivity contribution is 6.11. The molecule has 3 heterocycles. The second kappa shape index (κ2) is 8.11. The van der Waals surface area contributed by atoms with E-state index in [0.717, 1.165) is 22.2 Å². The zero-order chi connectivity index (χ0) is 21.0. The Morgan fingerprint density at radius 1 is 0.903 bits per heavy atom.